The van der Waals surface area contributed by atoms with Crippen LogP contribution in [0.15, 0.2) is 58.5 Å². The van der Waals surface area contributed by atoms with Gasteiger partial charge in [-0.1, -0.05) is 24.3 Å². The lowest BCUT2D eigenvalue weighted by molar-refractivity contribution is 0.181. The van der Waals surface area contributed by atoms with Gasteiger partial charge in [0, 0.05) is 57.4 Å². The van der Waals surface area contributed by atoms with Gasteiger partial charge in [0.05, 0.1) is 25.3 Å². The Morgan fingerprint density at radius 2 is 1.15 bits per heavy atom. The molecule has 2 aromatic heterocycles. The van der Waals surface area contributed by atoms with E-state index >= 15 is 0 Å². The van der Waals surface area contributed by atoms with Gasteiger partial charge >= 0.3 is 0 Å². The summed E-state index contributed by atoms with van der Waals surface area (Å²) >= 11 is 0. The van der Waals surface area contributed by atoms with Crippen LogP contribution in [0.2, 0.25) is 0 Å². The van der Waals surface area contributed by atoms with E-state index in [9.17, 15) is 10.2 Å². The van der Waals surface area contributed by atoms with Crippen molar-refractivity contribution < 1.29 is 10.2 Å². The van der Waals surface area contributed by atoms with Gasteiger partial charge < -0.3 is 30.8 Å². The number of aliphatic imine (C=N–C) groups is 2. The molecule has 0 saturated carbocycles. The first-order chi connectivity index (χ1) is 16.6. The fourth-order valence-electron chi connectivity index (χ4n) is 4.40. The van der Waals surface area contributed by atoms with E-state index in [1.165, 1.54) is 0 Å². The Bertz CT molecular complexity index is 1350. The predicted octanol–water partition coefficient (Wildman–Crippen LogP) is 2.24. The van der Waals surface area contributed by atoms with Crippen LogP contribution < -0.4 is 10.6 Å². The first kappa shape index (κ1) is 20.7. The van der Waals surface area contributed by atoms with Gasteiger partial charge in [-0.3, -0.25) is 9.98 Å². The predicted molar refractivity (Wildman–Crippen MR) is 136 cm³/mol. The first-order valence-corrected chi connectivity index (χ1v) is 11.5. The smallest absolute Gasteiger partial charge is 0.128 e. The number of aliphatic hydroxyl groups is 2. The standard InChI is InChI=1S/C26H26N6O2/c33-21-11-27-25(28-12-21)17-3-1-15-7-19(31-23(15)9-17)5-6-20-8-16-2-4-18(10-24(16)32-20)26-29-13-22(34)14-30-26/h1-10,21-22,31-34H,11-14H2,(H,27,28)(H,29,30)/b6-5+. The topological polar surface area (TPSA) is 121 Å². The van der Waals surface area contributed by atoms with Crippen molar-refractivity contribution in [1.82, 2.24) is 20.6 Å². The summed E-state index contributed by atoms with van der Waals surface area (Å²) in [5, 5.41) is 27.9. The Hall–Kier alpha value is -3.88. The molecule has 34 heavy (non-hydrogen) atoms. The van der Waals surface area contributed by atoms with Crippen molar-refractivity contribution >= 4 is 45.6 Å². The summed E-state index contributed by atoms with van der Waals surface area (Å²) in [7, 11) is 0. The number of fused-ring (bicyclic) bond motifs is 2. The number of rotatable bonds is 4. The number of hydrogen-bond acceptors (Lipinski definition) is 6. The Morgan fingerprint density at radius 3 is 1.56 bits per heavy atom. The second kappa shape index (κ2) is 8.48. The van der Waals surface area contributed by atoms with Crippen LogP contribution in [-0.2, 0) is 0 Å². The van der Waals surface area contributed by atoms with Gasteiger partial charge in [0.15, 0.2) is 0 Å². The summed E-state index contributed by atoms with van der Waals surface area (Å²) < 4.78 is 0. The van der Waals surface area contributed by atoms with Crippen molar-refractivity contribution in [3.8, 4) is 0 Å². The summed E-state index contributed by atoms with van der Waals surface area (Å²) in [4.78, 5) is 15.8. The maximum absolute atomic E-state index is 9.63. The molecule has 8 heteroatoms. The molecule has 6 rings (SSSR count). The summed E-state index contributed by atoms with van der Waals surface area (Å²) in [5.41, 5.74) is 6.13. The van der Waals surface area contributed by atoms with E-state index in [0.717, 1.165) is 56.0 Å². The van der Waals surface area contributed by atoms with E-state index in [1.54, 1.807) is 0 Å². The lowest BCUT2D eigenvalue weighted by atomic mass is 10.1. The SMILES string of the molecule is OC1CN=C(c2ccc3cc(/C=C/c4cc5ccc(C6=NCC(O)CN6)cc5[nH]4)[nH]c3c2)NC1. The van der Waals surface area contributed by atoms with Crippen LogP contribution >= 0.6 is 0 Å². The second-order valence-electron chi connectivity index (χ2n) is 8.83. The molecule has 0 bridgehead atoms. The average molecular weight is 455 g/mol. The molecule has 0 radical (unpaired) electrons. The van der Waals surface area contributed by atoms with Crippen LogP contribution in [0.4, 0.5) is 0 Å². The molecule has 2 unspecified atom stereocenters. The molecule has 8 nitrogen and oxygen atoms in total. The Kier molecular flexibility index (Phi) is 5.16. The summed E-state index contributed by atoms with van der Waals surface area (Å²) in [6.07, 6.45) is 3.29. The number of hydrogen-bond donors (Lipinski definition) is 6. The van der Waals surface area contributed by atoms with Crippen LogP contribution in [0.5, 0.6) is 0 Å². The number of benzene rings is 2. The maximum Gasteiger partial charge on any atom is 0.128 e. The number of nitrogens with zero attached hydrogens (tertiary/aromatic N) is 2. The quantitative estimate of drug-likeness (QED) is 0.283. The van der Waals surface area contributed by atoms with Crippen molar-refractivity contribution in [1.29, 1.82) is 0 Å². The second-order valence-corrected chi connectivity index (χ2v) is 8.83. The molecule has 0 fully saturated rings. The molecular formula is C26H26N6O2. The van der Waals surface area contributed by atoms with Gasteiger partial charge in [0.2, 0.25) is 0 Å². The minimum atomic E-state index is -0.419. The fourth-order valence-corrected chi connectivity index (χ4v) is 4.40. The van der Waals surface area contributed by atoms with Gasteiger partial charge in [-0.15, -0.1) is 0 Å². The molecule has 2 aliphatic heterocycles. The zero-order valence-electron chi connectivity index (χ0n) is 18.5. The van der Waals surface area contributed by atoms with Crippen LogP contribution in [0.3, 0.4) is 0 Å². The summed E-state index contributed by atoms with van der Waals surface area (Å²) in [6, 6.07) is 16.7. The van der Waals surface area contributed by atoms with Crippen molar-refractivity contribution in [3.05, 3.63) is 71.0 Å². The van der Waals surface area contributed by atoms with Gasteiger partial charge in [-0.25, -0.2) is 0 Å². The highest BCUT2D eigenvalue weighted by atomic mass is 16.3. The molecule has 4 aromatic rings. The van der Waals surface area contributed by atoms with E-state index in [0.29, 0.717) is 26.2 Å². The number of aromatic amines is 2. The molecule has 0 saturated heterocycles. The monoisotopic (exact) mass is 454 g/mol. The number of amidine groups is 2. The zero-order valence-corrected chi connectivity index (χ0v) is 18.5. The molecular weight excluding hydrogens is 428 g/mol. The molecule has 172 valence electrons. The normalized spacial score (nSPS) is 20.9. The van der Waals surface area contributed by atoms with E-state index < -0.39 is 12.2 Å². The van der Waals surface area contributed by atoms with Crippen LogP contribution in [0.25, 0.3) is 34.0 Å². The van der Waals surface area contributed by atoms with Crippen LogP contribution in [-0.4, -0.2) is 70.2 Å². The molecule has 2 atom stereocenters. The van der Waals surface area contributed by atoms with Gasteiger partial charge in [0.1, 0.15) is 11.7 Å². The van der Waals surface area contributed by atoms with Crippen LogP contribution in [0, 0.1) is 0 Å². The Morgan fingerprint density at radius 1 is 0.676 bits per heavy atom. The van der Waals surface area contributed by atoms with Crippen LogP contribution in [0.1, 0.15) is 22.5 Å². The molecule has 6 N–H and O–H groups in total. The van der Waals surface area contributed by atoms with E-state index in [4.69, 9.17) is 0 Å². The third-order valence-electron chi connectivity index (χ3n) is 6.21. The molecule has 0 spiro atoms. The highest BCUT2D eigenvalue weighted by Gasteiger charge is 2.15. The third kappa shape index (κ3) is 4.09. The fraction of sp³-hybridized carbons (Fsp3) is 0.231. The summed E-state index contributed by atoms with van der Waals surface area (Å²) in [5.74, 6) is 1.64. The molecule has 0 amide bonds. The lowest BCUT2D eigenvalue weighted by Gasteiger charge is -2.19. The third-order valence-corrected chi connectivity index (χ3v) is 6.21. The molecule has 2 aromatic carbocycles. The zero-order chi connectivity index (χ0) is 23.1. The van der Waals surface area contributed by atoms with Gasteiger partial charge in [-0.05, 0) is 36.4 Å². The number of aliphatic hydroxyl groups excluding tert-OH is 2. The van der Waals surface area contributed by atoms with E-state index in [2.05, 4.69) is 91.3 Å². The summed E-state index contributed by atoms with van der Waals surface area (Å²) in [6.45, 7) is 1.91. The van der Waals surface area contributed by atoms with Crippen molar-refractivity contribution in [2.75, 3.05) is 26.2 Å². The van der Waals surface area contributed by atoms with Crippen molar-refractivity contribution in [3.63, 3.8) is 0 Å². The molecule has 0 aliphatic carbocycles. The van der Waals surface area contributed by atoms with E-state index in [-0.39, 0.29) is 0 Å². The maximum atomic E-state index is 9.63. The minimum absolute atomic E-state index is 0.419. The largest absolute Gasteiger partial charge is 0.389 e. The number of β-amino-alcohol motifs (C(OH)–C–C–N with tert-alkyl or cyclic N) is 2. The van der Waals surface area contributed by atoms with Gasteiger partial charge in [-0.2, -0.15) is 0 Å². The molecule has 2 aliphatic rings. The number of aromatic nitrogens is 2. The highest BCUT2D eigenvalue weighted by molar-refractivity contribution is 6.03. The highest BCUT2D eigenvalue weighted by Crippen LogP contribution is 2.22. The molecule has 4 heterocycles. The van der Waals surface area contributed by atoms with Gasteiger partial charge in [0.25, 0.3) is 0 Å². The first-order valence-electron chi connectivity index (χ1n) is 11.5. The van der Waals surface area contributed by atoms with Crippen molar-refractivity contribution in [2.45, 2.75) is 12.2 Å². The number of H-pyrrole nitrogens is 2. The number of nitrogens with one attached hydrogen (secondary N) is 4. The van der Waals surface area contributed by atoms with Crippen molar-refractivity contribution in [2.24, 2.45) is 9.98 Å². The average Bonchev–Trinajstić information content (AvgIpc) is 3.46. The minimum Gasteiger partial charge on any atom is -0.389 e. The lowest BCUT2D eigenvalue weighted by Crippen LogP contribution is -2.39. The van der Waals surface area contributed by atoms with E-state index in [1.807, 2.05) is 0 Å². The Balaban J connectivity index is 1.22. The Labute approximate surface area is 196 Å².